The molecule has 0 saturated carbocycles. The third-order valence-corrected chi connectivity index (χ3v) is 3.63. The van der Waals surface area contributed by atoms with Gasteiger partial charge in [0.25, 0.3) is 10.1 Å². The summed E-state index contributed by atoms with van der Waals surface area (Å²) in [6, 6.07) is 6.92. The zero-order valence-corrected chi connectivity index (χ0v) is 10.1. The highest BCUT2D eigenvalue weighted by molar-refractivity contribution is 7.87. The predicted octanol–water partition coefficient (Wildman–Crippen LogP) is 0.880. The first-order valence-corrected chi connectivity index (χ1v) is 6.69. The predicted molar refractivity (Wildman–Crippen MR) is 60.1 cm³/mol. The minimum absolute atomic E-state index is 0.0973. The first-order valence-electron chi connectivity index (χ1n) is 5.11. The fourth-order valence-corrected chi connectivity index (χ4v) is 2.64. The van der Waals surface area contributed by atoms with E-state index in [1.165, 1.54) is 0 Å². The van der Waals surface area contributed by atoms with Gasteiger partial charge in [-0.25, -0.2) is 4.79 Å². The van der Waals surface area contributed by atoms with Gasteiger partial charge in [0.15, 0.2) is 0 Å². The van der Waals surface area contributed by atoms with Crippen molar-refractivity contribution in [2.24, 2.45) is 0 Å². The Kier molecular flexibility index (Phi) is 3.17. The second kappa shape index (κ2) is 4.46. The molecule has 1 aromatic carbocycles. The molecule has 1 atom stereocenters. The second-order valence-corrected chi connectivity index (χ2v) is 5.59. The lowest BCUT2D eigenvalue weighted by Gasteiger charge is -2.08. The van der Waals surface area contributed by atoms with Crippen LogP contribution in [0.25, 0.3) is 0 Å². The van der Waals surface area contributed by atoms with Crippen LogP contribution in [0.2, 0.25) is 0 Å². The van der Waals surface area contributed by atoms with Crippen LogP contribution in [-0.2, 0) is 19.0 Å². The van der Waals surface area contributed by atoms with Gasteiger partial charge in [0, 0.05) is 0 Å². The Balaban J connectivity index is 2.03. The number of benzene rings is 1. The Morgan fingerprint density at radius 3 is 2.82 bits per heavy atom. The van der Waals surface area contributed by atoms with Crippen molar-refractivity contribution < 1.29 is 22.1 Å². The van der Waals surface area contributed by atoms with Gasteiger partial charge in [-0.1, -0.05) is 17.7 Å². The Labute approximate surface area is 99.5 Å². The Morgan fingerprint density at radius 1 is 1.47 bits per heavy atom. The molecule has 17 heavy (non-hydrogen) atoms. The molecule has 1 aliphatic heterocycles. The second-order valence-electron chi connectivity index (χ2n) is 3.91. The molecule has 0 amide bonds. The number of carbonyl (C=O) groups is 1. The summed E-state index contributed by atoms with van der Waals surface area (Å²) >= 11 is 0. The van der Waals surface area contributed by atoms with E-state index in [2.05, 4.69) is 4.18 Å². The molecule has 0 bridgehead atoms. The van der Waals surface area contributed by atoms with Gasteiger partial charge in [0.05, 0.1) is 5.56 Å². The molecule has 1 heterocycles. The van der Waals surface area contributed by atoms with Crippen molar-refractivity contribution >= 4 is 16.1 Å². The van der Waals surface area contributed by atoms with Crippen LogP contribution < -0.4 is 0 Å². The molecule has 1 saturated heterocycles. The molecule has 1 aliphatic rings. The normalized spacial score (nSPS) is 22.3. The van der Waals surface area contributed by atoms with Crippen LogP contribution in [0.15, 0.2) is 24.3 Å². The van der Waals surface area contributed by atoms with Crippen molar-refractivity contribution in [1.82, 2.24) is 0 Å². The summed E-state index contributed by atoms with van der Waals surface area (Å²) in [4.78, 5) is 11.7. The van der Waals surface area contributed by atoms with Crippen molar-refractivity contribution in [3.63, 3.8) is 0 Å². The van der Waals surface area contributed by atoms with Gasteiger partial charge in [-0.3, -0.25) is 4.18 Å². The van der Waals surface area contributed by atoms with E-state index >= 15 is 0 Å². The smallest absolute Gasteiger partial charge is 0.338 e. The summed E-state index contributed by atoms with van der Waals surface area (Å²) in [5.74, 6) is -0.802. The quantitative estimate of drug-likeness (QED) is 0.580. The summed E-state index contributed by atoms with van der Waals surface area (Å²) in [7, 11) is -3.51. The van der Waals surface area contributed by atoms with Crippen LogP contribution in [0.5, 0.6) is 0 Å². The lowest BCUT2D eigenvalue weighted by Crippen LogP contribution is -2.21. The van der Waals surface area contributed by atoms with Crippen molar-refractivity contribution in [1.29, 1.82) is 0 Å². The van der Waals surface area contributed by atoms with E-state index < -0.39 is 22.2 Å². The van der Waals surface area contributed by atoms with Gasteiger partial charge in [0.2, 0.25) is 0 Å². The molecule has 5 nitrogen and oxygen atoms in total. The third-order valence-electron chi connectivity index (χ3n) is 2.35. The van der Waals surface area contributed by atoms with Crippen LogP contribution in [0, 0.1) is 6.92 Å². The Bertz CT molecular complexity index is 535. The van der Waals surface area contributed by atoms with E-state index in [1.54, 1.807) is 18.2 Å². The SMILES string of the molecule is Cc1cccc(C(=O)OC2COS(=O)(=O)C2)c1. The van der Waals surface area contributed by atoms with Crippen molar-refractivity contribution in [3.05, 3.63) is 35.4 Å². The summed E-state index contributed by atoms with van der Waals surface area (Å²) in [6.45, 7) is 1.76. The van der Waals surface area contributed by atoms with E-state index in [1.807, 2.05) is 13.0 Å². The number of hydrogen-bond acceptors (Lipinski definition) is 5. The highest BCUT2D eigenvalue weighted by atomic mass is 32.2. The molecule has 6 heteroatoms. The minimum atomic E-state index is -3.51. The first-order chi connectivity index (χ1) is 7.96. The number of esters is 1. The fourth-order valence-electron chi connectivity index (χ4n) is 1.56. The Hall–Kier alpha value is -1.40. The van der Waals surface area contributed by atoms with Crippen molar-refractivity contribution in [3.8, 4) is 0 Å². The van der Waals surface area contributed by atoms with Gasteiger partial charge in [0.1, 0.15) is 18.5 Å². The van der Waals surface area contributed by atoms with Gasteiger partial charge in [-0.15, -0.1) is 0 Å². The first kappa shape index (κ1) is 12.1. The van der Waals surface area contributed by atoms with E-state index in [9.17, 15) is 13.2 Å². The van der Waals surface area contributed by atoms with Gasteiger partial charge in [-0.2, -0.15) is 8.42 Å². The number of ether oxygens (including phenoxy) is 1. The van der Waals surface area contributed by atoms with E-state index in [0.29, 0.717) is 5.56 Å². The summed E-state index contributed by atoms with van der Waals surface area (Å²) < 4.78 is 31.6. The zero-order chi connectivity index (χ0) is 12.5. The van der Waals surface area contributed by atoms with Crippen LogP contribution in [-0.4, -0.2) is 32.9 Å². The van der Waals surface area contributed by atoms with Crippen LogP contribution >= 0.6 is 0 Å². The van der Waals surface area contributed by atoms with Gasteiger partial charge in [-0.05, 0) is 19.1 Å². The monoisotopic (exact) mass is 256 g/mol. The fraction of sp³-hybridized carbons (Fsp3) is 0.364. The number of rotatable bonds is 2. The molecule has 0 aromatic heterocycles. The molecule has 0 spiro atoms. The standard InChI is InChI=1S/C11H12O5S/c1-8-3-2-4-9(5-8)11(12)16-10-6-15-17(13,14)7-10/h2-5,10H,6-7H2,1H3. The molecular formula is C11H12O5S. The maximum Gasteiger partial charge on any atom is 0.338 e. The lowest BCUT2D eigenvalue weighted by atomic mass is 10.1. The maximum atomic E-state index is 11.7. The average Bonchev–Trinajstić information content (AvgIpc) is 2.58. The maximum absolute atomic E-state index is 11.7. The summed E-state index contributed by atoms with van der Waals surface area (Å²) in [6.07, 6.45) is -0.715. The van der Waals surface area contributed by atoms with Gasteiger partial charge >= 0.3 is 5.97 Å². The molecule has 1 aromatic rings. The number of carbonyl (C=O) groups excluding carboxylic acids is 1. The summed E-state index contributed by atoms with van der Waals surface area (Å²) in [5, 5.41) is 0. The van der Waals surface area contributed by atoms with Crippen LogP contribution in [0.4, 0.5) is 0 Å². The molecule has 1 unspecified atom stereocenters. The third kappa shape index (κ3) is 3.04. The topological polar surface area (TPSA) is 69.7 Å². The van der Waals surface area contributed by atoms with Crippen LogP contribution in [0.1, 0.15) is 15.9 Å². The Morgan fingerprint density at radius 2 is 2.24 bits per heavy atom. The molecule has 2 rings (SSSR count). The average molecular weight is 256 g/mol. The molecule has 1 fully saturated rings. The van der Waals surface area contributed by atoms with E-state index in [4.69, 9.17) is 4.74 Å². The van der Waals surface area contributed by atoms with Crippen LogP contribution in [0.3, 0.4) is 0 Å². The molecule has 0 radical (unpaired) electrons. The lowest BCUT2D eigenvalue weighted by molar-refractivity contribution is 0.0302. The van der Waals surface area contributed by atoms with E-state index in [0.717, 1.165) is 5.56 Å². The minimum Gasteiger partial charge on any atom is -0.455 e. The van der Waals surface area contributed by atoms with Gasteiger partial charge < -0.3 is 4.74 Å². The molecular weight excluding hydrogens is 244 g/mol. The molecule has 0 N–H and O–H groups in total. The molecule has 0 aliphatic carbocycles. The molecule has 92 valence electrons. The van der Waals surface area contributed by atoms with Crippen molar-refractivity contribution in [2.45, 2.75) is 13.0 Å². The van der Waals surface area contributed by atoms with Crippen molar-refractivity contribution in [2.75, 3.05) is 12.4 Å². The highest BCUT2D eigenvalue weighted by Crippen LogP contribution is 2.14. The van der Waals surface area contributed by atoms with E-state index in [-0.39, 0.29) is 12.4 Å². The largest absolute Gasteiger partial charge is 0.455 e. The zero-order valence-electron chi connectivity index (χ0n) is 9.25. The number of hydrogen-bond donors (Lipinski definition) is 0. The highest BCUT2D eigenvalue weighted by Gasteiger charge is 2.32. The summed E-state index contributed by atoms with van der Waals surface area (Å²) in [5.41, 5.74) is 1.35. The number of aryl methyl sites for hydroxylation is 1.